The Balaban J connectivity index is 0.00000518. The zero-order chi connectivity index (χ0) is 42.2. The van der Waals surface area contributed by atoms with Gasteiger partial charge in [0.2, 0.25) is 0 Å². The van der Waals surface area contributed by atoms with E-state index in [0.29, 0.717) is 0 Å². The summed E-state index contributed by atoms with van der Waals surface area (Å²) in [5, 5.41) is 4.99. The summed E-state index contributed by atoms with van der Waals surface area (Å²) in [7, 11) is 0. The van der Waals surface area contributed by atoms with Crippen LogP contribution >= 0.6 is 0 Å². The maximum atomic E-state index is 4.99. The Morgan fingerprint density at radius 2 is 0.875 bits per heavy atom. The fourth-order valence-corrected chi connectivity index (χ4v) is 8.11. The number of hydrogen-bond acceptors (Lipinski definition) is 4. The molecule has 0 atom stereocenters. The number of aromatic nitrogens is 5. The van der Waals surface area contributed by atoms with Crippen LogP contribution in [0.3, 0.4) is 0 Å². The van der Waals surface area contributed by atoms with Gasteiger partial charge < -0.3 is 15.0 Å². The Bertz CT molecular complexity index is 2960. The van der Waals surface area contributed by atoms with Crippen LogP contribution in [0.5, 0.6) is 0 Å². The molecular formula is C58H42IrN5. The zero-order valence-electron chi connectivity index (χ0n) is 35.0. The first-order chi connectivity index (χ1) is 31.2. The summed E-state index contributed by atoms with van der Waals surface area (Å²) in [6, 6.07) is 73.9. The second kappa shape index (κ2) is 19.8. The molecule has 0 aliphatic heterocycles. The molecule has 0 aliphatic rings. The molecule has 5 nitrogen and oxygen atoms in total. The predicted octanol–water partition coefficient (Wildman–Crippen LogP) is 13.0. The molecule has 0 amide bonds. The van der Waals surface area contributed by atoms with E-state index in [0.717, 1.165) is 87.5 Å². The summed E-state index contributed by atoms with van der Waals surface area (Å²) >= 11 is 0. The van der Waals surface area contributed by atoms with E-state index in [1.807, 2.05) is 85.5 Å². The third-order valence-electron chi connectivity index (χ3n) is 11.4. The van der Waals surface area contributed by atoms with Gasteiger partial charge >= 0.3 is 20.1 Å². The smallest absolute Gasteiger partial charge is 0.305 e. The Morgan fingerprint density at radius 1 is 0.375 bits per heavy atom. The van der Waals surface area contributed by atoms with Crippen LogP contribution in [0.2, 0.25) is 0 Å². The number of pyridine rings is 3. The second-order valence-electron chi connectivity index (χ2n) is 15.6. The Hall–Kier alpha value is -7.37. The van der Waals surface area contributed by atoms with Crippen LogP contribution in [0.25, 0.3) is 73.0 Å². The van der Waals surface area contributed by atoms with E-state index in [-0.39, 0.29) is 20.1 Å². The van der Waals surface area contributed by atoms with E-state index in [4.69, 9.17) is 5.10 Å². The summed E-state index contributed by atoms with van der Waals surface area (Å²) in [4.78, 5) is 13.7. The Morgan fingerprint density at radius 3 is 1.41 bits per heavy atom. The monoisotopic (exact) mass is 1000 g/mol. The van der Waals surface area contributed by atoms with Gasteiger partial charge in [0.15, 0.2) is 0 Å². The van der Waals surface area contributed by atoms with Gasteiger partial charge in [-0.25, -0.2) is 0 Å². The van der Waals surface area contributed by atoms with Gasteiger partial charge in [-0.3, -0.25) is 4.68 Å². The van der Waals surface area contributed by atoms with Gasteiger partial charge in [0.05, 0.1) is 5.69 Å². The maximum Gasteiger partial charge on any atom is 3.00 e. The zero-order valence-corrected chi connectivity index (χ0v) is 37.4. The largest absolute Gasteiger partial charge is 3.00 e. The molecule has 10 aromatic rings. The molecule has 0 fully saturated rings. The van der Waals surface area contributed by atoms with Crippen molar-refractivity contribution >= 4 is 0 Å². The van der Waals surface area contributed by atoms with Gasteiger partial charge in [-0.1, -0.05) is 115 Å². The molecule has 308 valence electrons. The van der Waals surface area contributed by atoms with Crippen LogP contribution in [0.4, 0.5) is 0 Å². The van der Waals surface area contributed by atoms with Gasteiger partial charge in [0, 0.05) is 24.8 Å². The topological polar surface area (TPSA) is 56.5 Å². The van der Waals surface area contributed by atoms with Crippen LogP contribution in [0, 0.1) is 18.2 Å². The van der Waals surface area contributed by atoms with Crippen molar-refractivity contribution < 1.29 is 20.1 Å². The minimum Gasteiger partial charge on any atom is -0.305 e. The van der Waals surface area contributed by atoms with Crippen molar-refractivity contribution in [2.75, 3.05) is 0 Å². The standard InChI is InChI=1S/C58H42N5.Ir/c1-2-10-46(11-3-1)47-27-29-48(30-28-47)53-41-51(56-14-6-9-36-61-56)31-32-58(53)63-57(33-37-62-63)52-39-44(17-15-42-19-23-49(24-20-42)54-12-4-7-34-59-54)38-45(40-52)18-16-43-21-25-50(26-22-43)55-13-5-8-35-60-55;/h1-14,19-23,25,27-30,32-41H,15-18H2;/q-3;+3. The van der Waals surface area contributed by atoms with E-state index in [1.54, 1.807) is 0 Å². The molecule has 0 bridgehead atoms. The number of aryl methyl sites for hydroxylation is 4. The van der Waals surface area contributed by atoms with Crippen LogP contribution < -0.4 is 0 Å². The minimum absolute atomic E-state index is 0. The van der Waals surface area contributed by atoms with Gasteiger partial charge in [0.1, 0.15) is 0 Å². The first-order valence-electron chi connectivity index (χ1n) is 21.3. The van der Waals surface area contributed by atoms with Crippen molar-refractivity contribution in [1.29, 1.82) is 0 Å². The molecule has 6 aromatic carbocycles. The van der Waals surface area contributed by atoms with Crippen molar-refractivity contribution in [3.8, 4) is 73.0 Å². The molecule has 0 saturated heterocycles. The first kappa shape index (κ1) is 42.0. The summed E-state index contributed by atoms with van der Waals surface area (Å²) in [6.45, 7) is 0. The maximum absolute atomic E-state index is 4.99. The van der Waals surface area contributed by atoms with Crippen molar-refractivity contribution in [2.45, 2.75) is 25.7 Å². The summed E-state index contributed by atoms with van der Waals surface area (Å²) in [5.74, 6) is 0. The number of nitrogens with zero attached hydrogens (tertiary/aromatic N) is 5. The van der Waals surface area contributed by atoms with E-state index in [2.05, 4.69) is 159 Å². The van der Waals surface area contributed by atoms with E-state index in [9.17, 15) is 0 Å². The van der Waals surface area contributed by atoms with E-state index >= 15 is 0 Å². The number of hydrogen-bond donors (Lipinski definition) is 0. The molecule has 0 unspecified atom stereocenters. The molecule has 0 N–H and O–H groups in total. The molecule has 0 saturated carbocycles. The van der Waals surface area contributed by atoms with Crippen LogP contribution in [0.15, 0.2) is 207 Å². The molecule has 10 rings (SSSR count). The summed E-state index contributed by atoms with van der Waals surface area (Å²) in [5.41, 5.74) is 18.2. The van der Waals surface area contributed by atoms with Crippen molar-refractivity contribution in [3.63, 3.8) is 0 Å². The Kier molecular flexibility index (Phi) is 13.0. The first-order valence-corrected chi connectivity index (χ1v) is 21.3. The minimum atomic E-state index is 0. The van der Waals surface area contributed by atoms with E-state index in [1.165, 1.54) is 33.4 Å². The molecule has 4 aromatic heterocycles. The SMILES string of the molecule is [Ir+3].[c-]1cc(CCc2cc(CCc3c[c-]c(-c4ccccn4)cc3)cc(-c3ccnn3-c3c[c-]c(-c4ccccn4)cc3-c3ccc(-c4ccccc4)cc3)c2)ccc1-c1ccccn1. The van der Waals surface area contributed by atoms with Crippen LogP contribution in [0.1, 0.15) is 22.3 Å². The fourth-order valence-electron chi connectivity index (χ4n) is 8.11. The van der Waals surface area contributed by atoms with E-state index < -0.39 is 0 Å². The molecule has 64 heavy (non-hydrogen) atoms. The van der Waals surface area contributed by atoms with Gasteiger partial charge in [-0.2, -0.15) is 5.10 Å². The normalized spacial score (nSPS) is 10.9. The predicted molar refractivity (Wildman–Crippen MR) is 254 cm³/mol. The van der Waals surface area contributed by atoms with Crippen LogP contribution in [-0.4, -0.2) is 24.7 Å². The van der Waals surface area contributed by atoms with Gasteiger partial charge in [-0.05, 0) is 105 Å². The number of rotatable bonds is 13. The fraction of sp³-hybridized carbons (Fsp3) is 0.0690. The number of benzene rings is 6. The van der Waals surface area contributed by atoms with Crippen molar-refractivity contribution in [2.24, 2.45) is 0 Å². The average molecular weight is 1000 g/mol. The van der Waals surface area contributed by atoms with Crippen LogP contribution in [-0.2, 0) is 45.8 Å². The third kappa shape index (κ3) is 9.65. The second-order valence-corrected chi connectivity index (χ2v) is 15.6. The third-order valence-corrected chi connectivity index (χ3v) is 11.4. The van der Waals surface area contributed by atoms with Gasteiger partial charge in [0.25, 0.3) is 0 Å². The van der Waals surface area contributed by atoms with Crippen molar-refractivity contribution in [1.82, 2.24) is 24.7 Å². The van der Waals surface area contributed by atoms with Gasteiger partial charge in [-0.15, -0.1) is 94.5 Å². The molecule has 0 spiro atoms. The van der Waals surface area contributed by atoms with Crippen molar-refractivity contribution in [3.05, 3.63) is 247 Å². The molecule has 0 aliphatic carbocycles. The summed E-state index contributed by atoms with van der Waals surface area (Å²) < 4.78 is 2.07. The molecular weight excluding hydrogens is 959 g/mol. The quantitative estimate of drug-likeness (QED) is 0.108. The average Bonchev–Trinajstić information content (AvgIpc) is 3.87. The molecule has 6 heteroatoms. The molecule has 4 heterocycles. The summed E-state index contributed by atoms with van der Waals surface area (Å²) in [6.07, 6.45) is 10.9. The Labute approximate surface area is 388 Å². The molecule has 0 radical (unpaired) electrons.